The van der Waals surface area contributed by atoms with E-state index in [0.717, 1.165) is 67.9 Å². The van der Waals surface area contributed by atoms with Gasteiger partial charge in [-0.25, -0.2) is 0 Å². The Balaban J connectivity index is 1.01. The summed E-state index contributed by atoms with van der Waals surface area (Å²) in [5, 5.41) is 4.56. The van der Waals surface area contributed by atoms with Gasteiger partial charge in [-0.05, 0) is 110 Å². The number of nitrogens with zero attached hydrogens (tertiary/aromatic N) is 2. The number of rotatable bonds is 10. The molecule has 5 aromatic rings. The third-order valence-electron chi connectivity index (χ3n) is 6.83. The summed E-state index contributed by atoms with van der Waals surface area (Å²) in [4.78, 5) is 2.46. The monoisotopic (exact) mass is 556 g/mol. The van der Waals surface area contributed by atoms with Crippen molar-refractivity contribution in [2.45, 2.75) is 26.7 Å². The summed E-state index contributed by atoms with van der Waals surface area (Å²) in [7, 11) is 0. The van der Waals surface area contributed by atoms with E-state index < -0.39 is 0 Å². The lowest BCUT2D eigenvalue weighted by molar-refractivity contribution is 0.949. The van der Waals surface area contributed by atoms with Crippen molar-refractivity contribution in [2.24, 2.45) is 0 Å². The molecule has 3 aromatic carbocycles. The summed E-state index contributed by atoms with van der Waals surface area (Å²) in [5.41, 5.74) is 27.2. The van der Waals surface area contributed by atoms with Gasteiger partial charge >= 0.3 is 0 Å². The second kappa shape index (κ2) is 11.3. The SMILES string of the molecule is Cc1cc(NNc2ccc(N3CCCC3)s2)ccc1NNc1ccc(NNc2snc3ccccc23)c(C)c1. The first-order valence-electron chi connectivity index (χ1n) is 13.1. The molecule has 200 valence electrons. The number of nitrogens with one attached hydrogen (secondary N) is 6. The van der Waals surface area contributed by atoms with Gasteiger partial charge in [0.2, 0.25) is 0 Å². The Kier molecular flexibility index (Phi) is 7.29. The molecule has 2 aromatic heterocycles. The van der Waals surface area contributed by atoms with Gasteiger partial charge < -0.3 is 21.2 Å². The van der Waals surface area contributed by atoms with Crippen molar-refractivity contribution in [1.29, 1.82) is 0 Å². The Bertz CT molecular complexity index is 1570. The lowest BCUT2D eigenvalue weighted by Gasteiger charge is -2.16. The summed E-state index contributed by atoms with van der Waals surface area (Å²) in [6.45, 7) is 6.51. The largest absolute Gasteiger partial charge is 0.363 e. The first-order valence-corrected chi connectivity index (χ1v) is 14.7. The molecule has 10 heteroatoms. The van der Waals surface area contributed by atoms with E-state index in [1.807, 2.05) is 24.3 Å². The number of anilines is 7. The second-order valence-electron chi connectivity index (χ2n) is 9.67. The third kappa shape index (κ3) is 5.81. The minimum atomic E-state index is 0.982. The van der Waals surface area contributed by atoms with Gasteiger partial charge in [0.1, 0.15) is 10.0 Å². The number of aromatic nitrogens is 1. The Morgan fingerprint density at radius 2 is 1.36 bits per heavy atom. The Labute approximate surface area is 236 Å². The fraction of sp³-hybridized carbons (Fsp3) is 0.207. The molecule has 0 bridgehead atoms. The van der Waals surface area contributed by atoms with E-state index in [1.165, 1.54) is 29.4 Å². The molecule has 1 saturated heterocycles. The number of aryl methyl sites for hydroxylation is 2. The molecule has 1 aliphatic rings. The van der Waals surface area contributed by atoms with E-state index in [1.54, 1.807) is 11.3 Å². The van der Waals surface area contributed by atoms with Crippen LogP contribution in [0.1, 0.15) is 24.0 Å². The van der Waals surface area contributed by atoms with E-state index in [0.29, 0.717) is 0 Å². The standard InChI is InChI=1S/C29H32N8S2/c1-19-18-22(31-34-27-13-14-28(38-27)37-15-5-6-16-37)10-11-24(19)32-30-21-9-12-25(20(2)17-21)33-35-29-23-7-3-4-8-26(23)36-39-29/h3-4,7-14,17-18,30-35H,5-6,15-16H2,1-2H3. The predicted octanol–water partition coefficient (Wildman–Crippen LogP) is 7.89. The summed E-state index contributed by atoms with van der Waals surface area (Å²) >= 11 is 3.24. The molecule has 0 atom stereocenters. The average molecular weight is 557 g/mol. The van der Waals surface area contributed by atoms with Gasteiger partial charge in [0.25, 0.3) is 0 Å². The second-order valence-corrected chi connectivity index (χ2v) is 11.5. The zero-order valence-corrected chi connectivity index (χ0v) is 23.6. The highest BCUT2D eigenvalue weighted by atomic mass is 32.1. The lowest BCUT2D eigenvalue weighted by atomic mass is 10.2. The highest BCUT2D eigenvalue weighted by molar-refractivity contribution is 7.20. The number of hydrogen-bond acceptors (Lipinski definition) is 10. The minimum Gasteiger partial charge on any atom is -0.363 e. The van der Waals surface area contributed by atoms with E-state index >= 15 is 0 Å². The zero-order chi connectivity index (χ0) is 26.6. The van der Waals surface area contributed by atoms with Crippen molar-refractivity contribution >= 4 is 71.5 Å². The predicted molar refractivity (Wildman–Crippen MR) is 169 cm³/mol. The molecule has 6 N–H and O–H groups in total. The third-order valence-corrected chi connectivity index (χ3v) is 8.68. The first kappa shape index (κ1) is 25.1. The molecule has 3 heterocycles. The van der Waals surface area contributed by atoms with Crippen LogP contribution in [-0.4, -0.2) is 17.5 Å². The highest BCUT2D eigenvalue weighted by Gasteiger charge is 2.14. The number of hydrogen-bond donors (Lipinski definition) is 6. The first-order chi connectivity index (χ1) is 19.1. The highest BCUT2D eigenvalue weighted by Crippen LogP contribution is 2.32. The molecular formula is C29H32N8S2. The quantitative estimate of drug-likeness (QED) is 0.0968. The molecule has 0 amide bonds. The maximum atomic E-state index is 4.48. The topological polar surface area (TPSA) is 88.3 Å². The van der Waals surface area contributed by atoms with Crippen molar-refractivity contribution in [3.8, 4) is 0 Å². The van der Waals surface area contributed by atoms with Crippen LogP contribution in [-0.2, 0) is 0 Å². The van der Waals surface area contributed by atoms with E-state index in [4.69, 9.17) is 0 Å². The van der Waals surface area contributed by atoms with Gasteiger partial charge in [0.05, 0.1) is 33.3 Å². The molecule has 39 heavy (non-hydrogen) atoms. The van der Waals surface area contributed by atoms with Crippen LogP contribution < -0.4 is 37.5 Å². The van der Waals surface area contributed by atoms with Gasteiger partial charge in [-0.15, -0.1) is 0 Å². The van der Waals surface area contributed by atoms with Crippen LogP contribution in [0.4, 0.5) is 37.8 Å². The van der Waals surface area contributed by atoms with Crippen LogP contribution >= 0.6 is 22.9 Å². The molecule has 6 rings (SSSR count). The van der Waals surface area contributed by atoms with Crippen molar-refractivity contribution in [3.05, 3.63) is 83.9 Å². The maximum absolute atomic E-state index is 4.48. The van der Waals surface area contributed by atoms with Gasteiger partial charge in [-0.1, -0.05) is 23.5 Å². The number of hydrazine groups is 3. The Morgan fingerprint density at radius 1 is 0.692 bits per heavy atom. The van der Waals surface area contributed by atoms with Gasteiger partial charge in [-0.3, -0.25) is 16.3 Å². The van der Waals surface area contributed by atoms with Crippen LogP contribution in [0.3, 0.4) is 0 Å². The molecule has 0 aliphatic carbocycles. The minimum absolute atomic E-state index is 0.982. The summed E-state index contributed by atoms with van der Waals surface area (Å²) in [5.74, 6) is 0. The smallest absolute Gasteiger partial charge is 0.135 e. The normalized spacial score (nSPS) is 12.9. The maximum Gasteiger partial charge on any atom is 0.135 e. The molecule has 1 fully saturated rings. The molecule has 1 aliphatic heterocycles. The molecule has 0 spiro atoms. The number of fused-ring (bicyclic) bond motifs is 1. The van der Waals surface area contributed by atoms with Crippen LogP contribution in [0.2, 0.25) is 0 Å². The molecule has 8 nitrogen and oxygen atoms in total. The molecule has 0 unspecified atom stereocenters. The van der Waals surface area contributed by atoms with Crippen molar-refractivity contribution in [3.63, 3.8) is 0 Å². The van der Waals surface area contributed by atoms with E-state index in [9.17, 15) is 0 Å². The summed E-state index contributed by atoms with van der Waals surface area (Å²) < 4.78 is 4.48. The van der Waals surface area contributed by atoms with Crippen LogP contribution in [0.5, 0.6) is 0 Å². The van der Waals surface area contributed by atoms with Crippen molar-refractivity contribution in [1.82, 2.24) is 4.37 Å². The fourth-order valence-electron chi connectivity index (χ4n) is 4.64. The van der Waals surface area contributed by atoms with E-state index in [-0.39, 0.29) is 0 Å². The van der Waals surface area contributed by atoms with Gasteiger partial charge in [0, 0.05) is 18.5 Å². The summed E-state index contributed by atoms with van der Waals surface area (Å²) in [6, 6.07) is 24.9. The van der Waals surface area contributed by atoms with Crippen molar-refractivity contribution in [2.75, 3.05) is 50.5 Å². The van der Waals surface area contributed by atoms with Gasteiger partial charge in [0.15, 0.2) is 0 Å². The fourth-order valence-corrected chi connectivity index (χ4v) is 6.27. The van der Waals surface area contributed by atoms with Crippen LogP contribution in [0, 0.1) is 13.8 Å². The average Bonchev–Trinajstić information content (AvgIpc) is 3.72. The van der Waals surface area contributed by atoms with E-state index in [2.05, 4.69) is 104 Å². The van der Waals surface area contributed by atoms with Crippen LogP contribution in [0.25, 0.3) is 10.9 Å². The number of benzene rings is 3. The van der Waals surface area contributed by atoms with Crippen molar-refractivity contribution < 1.29 is 0 Å². The molecular weight excluding hydrogens is 525 g/mol. The van der Waals surface area contributed by atoms with Gasteiger partial charge in [-0.2, -0.15) is 4.37 Å². The lowest BCUT2D eigenvalue weighted by Crippen LogP contribution is -2.15. The van der Waals surface area contributed by atoms with Crippen LogP contribution in [0.15, 0.2) is 72.8 Å². The zero-order valence-electron chi connectivity index (χ0n) is 22.0. The Hall–Kier alpha value is -4.15. The Morgan fingerprint density at radius 3 is 2.08 bits per heavy atom. The molecule has 0 radical (unpaired) electrons. The summed E-state index contributed by atoms with van der Waals surface area (Å²) in [6.07, 6.45) is 2.58. The molecule has 0 saturated carbocycles. The number of thiophene rings is 1.